The topological polar surface area (TPSA) is 50.2 Å². The number of nitrogens with zero attached hydrogens (tertiary/aromatic N) is 3. The third-order valence-electron chi connectivity index (χ3n) is 3.71. The monoisotopic (exact) mass is 340 g/mol. The van der Waals surface area contributed by atoms with Crippen LogP contribution in [0.15, 0.2) is 54.9 Å². The van der Waals surface area contributed by atoms with Crippen molar-refractivity contribution < 1.29 is 4.79 Å². The molecule has 0 saturated heterocycles. The van der Waals surface area contributed by atoms with Crippen LogP contribution in [0.2, 0.25) is 0 Å². The van der Waals surface area contributed by atoms with E-state index in [-0.39, 0.29) is 6.03 Å². The second-order valence-corrected chi connectivity index (χ2v) is 6.98. The van der Waals surface area contributed by atoms with Crippen LogP contribution < -0.4 is 5.32 Å². The summed E-state index contributed by atoms with van der Waals surface area (Å²) in [5, 5.41) is 7.24. The molecule has 0 aliphatic heterocycles. The van der Waals surface area contributed by atoms with E-state index in [4.69, 9.17) is 0 Å². The van der Waals surface area contributed by atoms with E-state index < -0.39 is 0 Å². The van der Waals surface area contributed by atoms with Gasteiger partial charge in [0.05, 0.1) is 12.2 Å². The summed E-state index contributed by atoms with van der Waals surface area (Å²) in [4.78, 5) is 16.5. The summed E-state index contributed by atoms with van der Waals surface area (Å²) < 4.78 is 1.81. The van der Waals surface area contributed by atoms with Gasteiger partial charge in [-0.2, -0.15) is 5.10 Å². The molecule has 1 aromatic carbocycles. The maximum absolute atomic E-state index is 12.3. The van der Waals surface area contributed by atoms with Crippen LogP contribution in [-0.4, -0.2) is 27.8 Å². The molecule has 3 aromatic rings. The van der Waals surface area contributed by atoms with Gasteiger partial charge in [-0.05, 0) is 36.8 Å². The van der Waals surface area contributed by atoms with Crippen molar-refractivity contribution in [1.82, 2.24) is 20.0 Å². The maximum atomic E-state index is 12.3. The van der Waals surface area contributed by atoms with E-state index in [1.807, 2.05) is 43.6 Å². The number of benzene rings is 1. The van der Waals surface area contributed by atoms with Crippen LogP contribution in [0, 0.1) is 6.92 Å². The van der Waals surface area contributed by atoms with Gasteiger partial charge < -0.3 is 10.2 Å². The van der Waals surface area contributed by atoms with Crippen molar-refractivity contribution in [1.29, 1.82) is 0 Å². The molecule has 2 amide bonds. The second-order valence-electron chi connectivity index (χ2n) is 5.61. The van der Waals surface area contributed by atoms with Gasteiger partial charge in [-0.3, -0.25) is 0 Å². The normalized spacial score (nSPS) is 10.6. The molecule has 3 rings (SSSR count). The van der Waals surface area contributed by atoms with Crippen molar-refractivity contribution in [3.8, 4) is 5.69 Å². The highest BCUT2D eigenvalue weighted by molar-refractivity contribution is 7.11. The molecule has 0 bridgehead atoms. The summed E-state index contributed by atoms with van der Waals surface area (Å²) >= 11 is 1.72. The fourth-order valence-corrected chi connectivity index (χ4v) is 3.42. The SMILES string of the molecule is Cc1ccc(CN(C)C(=O)NCc2ccccc2-n2cccn2)s1. The number of para-hydroxylation sites is 1. The molecule has 0 saturated carbocycles. The van der Waals surface area contributed by atoms with Gasteiger partial charge in [0.2, 0.25) is 0 Å². The molecule has 0 fully saturated rings. The minimum atomic E-state index is -0.0867. The Hall–Kier alpha value is -2.60. The third-order valence-corrected chi connectivity index (χ3v) is 4.69. The zero-order chi connectivity index (χ0) is 16.9. The highest BCUT2D eigenvalue weighted by Crippen LogP contribution is 2.17. The quantitative estimate of drug-likeness (QED) is 0.772. The van der Waals surface area contributed by atoms with Crippen molar-refractivity contribution in [2.24, 2.45) is 0 Å². The van der Waals surface area contributed by atoms with Crippen LogP contribution in [0.25, 0.3) is 5.69 Å². The molecular formula is C18H20N4OS. The van der Waals surface area contributed by atoms with Crippen LogP contribution in [0.4, 0.5) is 4.79 Å². The Bertz CT molecular complexity index is 810. The average Bonchev–Trinajstić information content (AvgIpc) is 3.24. The number of aryl methyl sites for hydroxylation is 1. The first-order chi connectivity index (χ1) is 11.6. The lowest BCUT2D eigenvalue weighted by Crippen LogP contribution is -2.36. The van der Waals surface area contributed by atoms with Crippen LogP contribution in [0.1, 0.15) is 15.3 Å². The van der Waals surface area contributed by atoms with Crippen LogP contribution >= 0.6 is 11.3 Å². The number of nitrogens with one attached hydrogen (secondary N) is 1. The number of hydrogen-bond acceptors (Lipinski definition) is 3. The smallest absolute Gasteiger partial charge is 0.317 e. The molecule has 0 atom stereocenters. The Kier molecular flexibility index (Phi) is 4.96. The lowest BCUT2D eigenvalue weighted by molar-refractivity contribution is 0.207. The molecule has 0 spiro atoms. The Morgan fingerprint density at radius 2 is 2.08 bits per heavy atom. The molecule has 1 N–H and O–H groups in total. The number of hydrogen-bond donors (Lipinski definition) is 1. The van der Waals surface area contributed by atoms with Crippen LogP contribution in [0.3, 0.4) is 0 Å². The molecule has 124 valence electrons. The number of urea groups is 1. The van der Waals surface area contributed by atoms with Crippen LogP contribution in [0.5, 0.6) is 0 Å². The Morgan fingerprint density at radius 3 is 2.79 bits per heavy atom. The van der Waals surface area contributed by atoms with Gasteiger partial charge in [-0.15, -0.1) is 11.3 Å². The molecule has 0 aliphatic carbocycles. The molecular weight excluding hydrogens is 320 g/mol. The number of carbonyl (C=O) groups is 1. The zero-order valence-corrected chi connectivity index (χ0v) is 14.6. The molecule has 24 heavy (non-hydrogen) atoms. The molecule has 0 aliphatic rings. The standard InChI is InChI=1S/C18H20N4OS/c1-14-8-9-16(24-14)13-21(2)18(23)19-12-15-6-3-4-7-17(15)22-11-5-10-20-22/h3-11H,12-13H2,1-2H3,(H,19,23). The summed E-state index contributed by atoms with van der Waals surface area (Å²) in [5.74, 6) is 0. The summed E-state index contributed by atoms with van der Waals surface area (Å²) in [6.45, 7) is 3.15. The minimum Gasteiger partial charge on any atom is -0.334 e. The predicted molar refractivity (Wildman–Crippen MR) is 96.3 cm³/mol. The summed E-state index contributed by atoms with van der Waals surface area (Å²) in [5.41, 5.74) is 1.99. The Labute approximate surface area is 145 Å². The van der Waals surface area contributed by atoms with Gasteiger partial charge in [0.1, 0.15) is 0 Å². The first kappa shape index (κ1) is 16.3. The highest BCUT2D eigenvalue weighted by Gasteiger charge is 2.11. The summed E-state index contributed by atoms with van der Waals surface area (Å²) in [6, 6.07) is 13.9. The van der Waals surface area contributed by atoms with E-state index >= 15 is 0 Å². The molecule has 0 unspecified atom stereocenters. The maximum Gasteiger partial charge on any atom is 0.317 e. The van der Waals surface area contributed by atoms with Crippen molar-refractivity contribution in [2.75, 3.05) is 7.05 Å². The van der Waals surface area contributed by atoms with E-state index in [2.05, 4.69) is 29.5 Å². The molecule has 2 aromatic heterocycles. The number of aromatic nitrogens is 2. The van der Waals surface area contributed by atoms with Crippen molar-refractivity contribution in [3.05, 3.63) is 70.2 Å². The van der Waals surface area contributed by atoms with Gasteiger partial charge >= 0.3 is 6.03 Å². The number of thiophene rings is 1. The van der Waals surface area contributed by atoms with Crippen molar-refractivity contribution in [3.63, 3.8) is 0 Å². The average molecular weight is 340 g/mol. The molecule has 2 heterocycles. The van der Waals surface area contributed by atoms with Crippen molar-refractivity contribution in [2.45, 2.75) is 20.0 Å². The van der Waals surface area contributed by atoms with E-state index in [1.165, 1.54) is 9.75 Å². The fourth-order valence-electron chi connectivity index (χ4n) is 2.48. The van der Waals surface area contributed by atoms with Crippen LogP contribution in [-0.2, 0) is 13.1 Å². The first-order valence-electron chi connectivity index (χ1n) is 7.75. The van der Waals surface area contributed by atoms with Crippen molar-refractivity contribution >= 4 is 17.4 Å². The van der Waals surface area contributed by atoms with Gasteiger partial charge in [-0.25, -0.2) is 9.48 Å². The van der Waals surface area contributed by atoms with Gasteiger partial charge in [-0.1, -0.05) is 18.2 Å². The van der Waals surface area contributed by atoms with E-state index in [9.17, 15) is 4.79 Å². The van der Waals surface area contributed by atoms with E-state index in [1.54, 1.807) is 27.1 Å². The number of amides is 2. The van der Waals surface area contributed by atoms with Gasteiger partial charge in [0.15, 0.2) is 0 Å². The fraction of sp³-hybridized carbons (Fsp3) is 0.222. The van der Waals surface area contributed by atoms with E-state index in [0.717, 1.165) is 11.3 Å². The lowest BCUT2D eigenvalue weighted by atomic mass is 10.2. The largest absolute Gasteiger partial charge is 0.334 e. The zero-order valence-electron chi connectivity index (χ0n) is 13.8. The highest BCUT2D eigenvalue weighted by atomic mass is 32.1. The second kappa shape index (κ2) is 7.31. The Balaban J connectivity index is 1.62. The van der Waals surface area contributed by atoms with Gasteiger partial charge in [0, 0.05) is 35.7 Å². The number of carbonyl (C=O) groups excluding carboxylic acids is 1. The first-order valence-corrected chi connectivity index (χ1v) is 8.57. The molecule has 5 nitrogen and oxygen atoms in total. The van der Waals surface area contributed by atoms with Gasteiger partial charge in [0.25, 0.3) is 0 Å². The van der Waals surface area contributed by atoms with E-state index in [0.29, 0.717) is 13.1 Å². The molecule has 0 radical (unpaired) electrons. The summed E-state index contributed by atoms with van der Waals surface area (Å²) in [6.07, 6.45) is 3.64. The Morgan fingerprint density at radius 1 is 1.25 bits per heavy atom. The minimum absolute atomic E-state index is 0.0867. The number of rotatable bonds is 5. The lowest BCUT2D eigenvalue weighted by Gasteiger charge is -2.18. The third kappa shape index (κ3) is 3.83. The molecule has 6 heteroatoms. The summed E-state index contributed by atoms with van der Waals surface area (Å²) in [7, 11) is 1.81. The predicted octanol–water partition coefficient (Wildman–Crippen LogP) is 3.58.